The summed E-state index contributed by atoms with van der Waals surface area (Å²) in [7, 11) is 0. The van der Waals surface area contributed by atoms with E-state index in [0.717, 1.165) is 24.5 Å². The van der Waals surface area contributed by atoms with Gasteiger partial charge in [-0.05, 0) is 129 Å². The molecule has 0 saturated carbocycles. The van der Waals surface area contributed by atoms with Crippen LogP contribution in [0.2, 0.25) is 0 Å². The zero-order valence-electron chi connectivity index (χ0n) is 33.5. The van der Waals surface area contributed by atoms with Gasteiger partial charge < -0.3 is 4.74 Å². The van der Waals surface area contributed by atoms with Crippen molar-refractivity contribution in [1.29, 1.82) is 0 Å². The minimum Gasteiger partial charge on any atom is -0.377 e. The monoisotopic (exact) mass is 800 g/mol. The number of unbranched alkanes of at least 4 members (excludes halogenated alkanes) is 2. The van der Waals surface area contributed by atoms with E-state index in [4.69, 9.17) is 4.74 Å². The van der Waals surface area contributed by atoms with Gasteiger partial charge in [-0.25, -0.2) is 0 Å². The third-order valence-electron chi connectivity index (χ3n) is 12.8. The van der Waals surface area contributed by atoms with E-state index in [1.165, 1.54) is 116 Å². The lowest BCUT2D eigenvalue weighted by atomic mass is 9.63. The molecule has 12 rings (SSSR count). The number of benzene rings is 8. The van der Waals surface area contributed by atoms with Crippen LogP contribution < -0.4 is 0 Å². The zero-order chi connectivity index (χ0) is 39.9. The van der Waals surface area contributed by atoms with Crippen LogP contribution in [0.4, 0.5) is 0 Å². The molecular formula is C56H48OS2. The van der Waals surface area contributed by atoms with Gasteiger partial charge in [-0.2, -0.15) is 25.3 Å². The second-order valence-corrected chi connectivity index (χ2v) is 17.0. The molecule has 8 aromatic carbocycles. The Labute approximate surface area is 358 Å². The summed E-state index contributed by atoms with van der Waals surface area (Å²) < 4.78 is 5.93. The second-order valence-electron chi connectivity index (χ2n) is 16.3. The van der Waals surface area contributed by atoms with Crippen molar-refractivity contribution in [1.82, 2.24) is 0 Å². The fraction of sp³-hybridized carbons (Fsp3) is 0.179. The Morgan fingerprint density at radius 1 is 0.492 bits per heavy atom. The molecule has 0 aromatic heterocycles. The predicted octanol–water partition coefficient (Wildman–Crippen LogP) is 15.0. The molecule has 290 valence electrons. The van der Waals surface area contributed by atoms with Crippen LogP contribution in [0, 0.1) is 18.8 Å². The second kappa shape index (κ2) is 16.4. The molecule has 0 bridgehead atoms. The number of thiol groups is 2. The Balaban J connectivity index is 0.000000109. The molecule has 1 nitrogen and oxygen atoms in total. The Morgan fingerprint density at radius 2 is 1.05 bits per heavy atom. The van der Waals surface area contributed by atoms with Gasteiger partial charge in [0, 0.05) is 24.2 Å². The number of rotatable bonds is 8. The average molecular weight is 801 g/mol. The molecule has 3 heteroatoms. The lowest BCUT2D eigenvalue weighted by molar-refractivity contribution is 0.118. The summed E-state index contributed by atoms with van der Waals surface area (Å²) in [5, 5.41) is 16.3. The number of allylic oxidation sites excluding steroid dienone is 13. The molecular weight excluding hydrogens is 753 g/mol. The first-order valence-electron chi connectivity index (χ1n) is 21.1. The Kier molecular flexibility index (Phi) is 10.5. The molecule has 8 aromatic rings. The maximum absolute atomic E-state index is 5.93. The average Bonchev–Trinajstić information content (AvgIpc) is 3.29. The van der Waals surface area contributed by atoms with E-state index < -0.39 is 0 Å². The van der Waals surface area contributed by atoms with Gasteiger partial charge in [-0.15, -0.1) is 0 Å². The van der Waals surface area contributed by atoms with E-state index in [0.29, 0.717) is 18.4 Å². The molecule has 0 fully saturated rings. The summed E-state index contributed by atoms with van der Waals surface area (Å²) in [4.78, 5) is 0. The molecule has 2 unspecified atom stereocenters. The van der Waals surface area contributed by atoms with E-state index in [1.807, 2.05) is 0 Å². The Bertz CT molecular complexity index is 3060. The smallest absolute Gasteiger partial charge is 0.0722 e. The first-order valence-corrected chi connectivity index (χ1v) is 22.3. The van der Waals surface area contributed by atoms with Crippen LogP contribution in [0.5, 0.6) is 0 Å². The highest BCUT2D eigenvalue weighted by Crippen LogP contribution is 2.49. The lowest BCUT2D eigenvalue weighted by Crippen LogP contribution is -2.29. The van der Waals surface area contributed by atoms with Gasteiger partial charge in [0.1, 0.15) is 0 Å². The molecule has 0 amide bonds. The highest BCUT2D eigenvalue weighted by Gasteiger charge is 2.37. The third-order valence-corrected chi connectivity index (χ3v) is 13.5. The third kappa shape index (κ3) is 6.94. The van der Waals surface area contributed by atoms with Crippen LogP contribution in [0.3, 0.4) is 0 Å². The molecule has 0 aliphatic heterocycles. The van der Waals surface area contributed by atoms with Crippen LogP contribution in [0.25, 0.3) is 64.6 Å². The standard InChI is InChI=1S/C22H22OS.C17H14S.C17H12/c24-14-3-1-2-13-23-15-19-10-9-18-8-7-16-5-4-6-17-11-12-20(19)22(18)21(16)17;18-10-14-7-6-13-5-4-11-2-1-3-12-8-9-15(14)17(13)16(11)12;1-11-5-6-14-8-7-12-3-2-4-13-9-10-15(11)17(14)16(12)13/h4-12,24H,1-3,13-15H2;1-9,16-18H,10H2;2-10H,1H3. The van der Waals surface area contributed by atoms with Crippen molar-refractivity contribution < 1.29 is 4.74 Å². The van der Waals surface area contributed by atoms with Crippen LogP contribution in [0.15, 0.2) is 192 Å². The molecule has 0 heterocycles. The quantitative estimate of drug-likeness (QED) is 0.0884. The van der Waals surface area contributed by atoms with Gasteiger partial charge in [-0.3, -0.25) is 0 Å². The van der Waals surface area contributed by atoms with E-state index in [-0.39, 0.29) is 0 Å². The van der Waals surface area contributed by atoms with E-state index in [1.54, 1.807) is 0 Å². The van der Waals surface area contributed by atoms with Crippen molar-refractivity contribution in [3.63, 3.8) is 0 Å². The van der Waals surface area contributed by atoms with Gasteiger partial charge in [0.15, 0.2) is 0 Å². The maximum Gasteiger partial charge on any atom is 0.0722 e. The predicted molar refractivity (Wildman–Crippen MR) is 262 cm³/mol. The molecule has 2 atom stereocenters. The number of hydrogen-bond donors (Lipinski definition) is 2. The summed E-state index contributed by atoms with van der Waals surface area (Å²) in [6.07, 6.45) is 23.7. The van der Waals surface area contributed by atoms with Crippen LogP contribution >= 0.6 is 25.3 Å². The van der Waals surface area contributed by atoms with Gasteiger partial charge in [0.2, 0.25) is 0 Å². The zero-order valence-corrected chi connectivity index (χ0v) is 35.3. The SMILES string of the molecule is Cc1ccc2ccc3cccc4ccc1c2c34.SCC1=C2C=CC3=CC=CC4=CC=C(C=C1)C2C34.SCCCCCOCc1ccc2ccc3cccc4ccc1c2c34. The molecule has 0 saturated heterocycles. The molecule has 0 radical (unpaired) electrons. The largest absolute Gasteiger partial charge is 0.377 e. The minimum absolute atomic E-state index is 0.512. The minimum atomic E-state index is 0.512. The van der Waals surface area contributed by atoms with Gasteiger partial charge in [-0.1, -0.05) is 170 Å². The summed E-state index contributed by atoms with van der Waals surface area (Å²) in [5.41, 5.74) is 9.79. The summed E-state index contributed by atoms with van der Waals surface area (Å²) in [6, 6.07) is 39.8. The van der Waals surface area contributed by atoms with E-state index >= 15 is 0 Å². The fourth-order valence-corrected chi connectivity index (χ4v) is 10.4. The van der Waals surface area contributed by atoms with Crippen molar-refractivity contribution in [3.05, 3.63) is 203 Å². The number of hydrogen-bond acceptors (Lipinski definition) is 3. The summed E-state index contributed by atoms with van der Waals surface area (Å²) in [5.74, 6) is 2.82. The van der Waals surface area contributed by atoms with Crippen LogP contribution in [-0.2, 0) is 11.3 Å². The van der Waals surface area contributed by atoms with Gasteiger partial charge in [0.25, 0.3) is 0 Å². The van der Waals surface area contributed by atoms with Crippen molar-refractivity contribution in [2.75, 3.05) is 18.1 Å². The maximum atomic E-state index is 5.93. The van der Waals surface area contributed by atoms with E-state index in [2.05, 4.69) is 196 Å². The molecule has 4 aliphatic carbocycles. The van der Waals surface area contributed by atoms with Crippen molar-refractivity contribution in [2.45, 2.75) is 32.8 Å². The van der Waals surface area contributed by atoms with Crippen LogP contribution in [-0.4, -0.2) is 18.1 Å². The van der Waals surface area contributed by atoms with E-state index in [9.17, 15) is 0 Å². The fourth-order valence-electron chi connectivity index (χ4n) is 9.89. The van der Waals surface area contributed by atoms with Gasteiger partial charge in [0.05, 0.1) is 6.61 Å². The summed E-state index contributed by atoms with van der Waals surface area (Å²) >= 11 is 8.71. The number of ether oxygens (including phenoxy) is 1. The molecule has 4 aliphatic rings. The Hall–Kier alpha value is -5.32. The molecule has 59 heavy (non-hydrogen) atoms. The van der Waals surface area contributed by atoms with Gasteiger partial charge >= 0.3 is 0 Å². The van der Waals surface area contributed by atoms with Crippen molar-refractivity contribution >= 4 is 89.9 Å². The van der Waals surface area contributed by atoms with Crippen molar-refractivity contribution in [2.24, 2.45) is 11.8 Å². The normalized spacial score (nSPS) is 17.6. The Morgan fingerprint density at radius 3 is 1.73 bits per heavy atom. The number of aryl methyl sites for hydroxylation is 1. The highest BCUT2D eigenvalue weighted by atomic mass is 32.1. The first-order chi connectivity index (χ1) is 29.1. The molecule has 0 spiro atoms. The van der Waals surface area contributed by atoms with Crippen molar-refractivity contribution in [3.8, 4) is 0 Å². The first kappa shape index (κ1) is 37.9. The topological polar surface area (TPSA) is 9.23 Å². The highest BCUT2D eigenvalue weighted by molar-refractivity contribution is 7.80. The lowest BCUT2D eigenvalue weighted by Gasteiger charge is -2.40. The van der Waals surface area contributed by atoms with Crippen LogP contribution in [0.1, 0.15) is 30.4 Å². The molecule has 0 N–H and O–H groups in total. The summed E-state index contributed by atoms with van der Waals surface area (Å²) in [6.45, 7) is 3.71.